The van der Waals surface area contributed by atoms with Gasteiger partial charge in [0.05, 0.1) is 0 Å². The Balaban J connectivity index is 2.39. The molecule has 1 aromatic rings. The first-order chi connectivity index (χ1) is 11.0. The fraction of sp³-hybridized carbons (Fsp3) is 0.438. The van der Waals surface area contributed by atoms with Crippen LogP contribution in [0.25, 0.3) is 0 Å². The SMILES string of the molecule is CCO[C@H]1ON=C(c2ccccc2)[C@H](OC(C)=O)[C@@H]1OC(C)=O. The van der Waals surface area contributed by atoms with E-state index in [4.69, 9.17) is 19.0 Å². The van der Waals surface area contributed by atoms with Gasteiger partial charge in [0.2, 0.25) is 6.10 Å². The number of esters is 2. The third-order valence-corrected chi connectivity index (χ3v) is 3.09. The molecule has 1 aliphatic heterocycles. The number of hydrogen-bond acceptors (Lipinski definition) is 7. The van der Waals surface area contributed by atoms with E-state index in [0.717, 1.165) is 0 Å². The third kappa shape index (κ3) is 4.29. The first kappa shape index (κ1) is 17.0. The first-order valence-corrected chi connectivity index (χ1v) is 7.28. The van der Waals surface area contributed by atoms with Crippen molar-refractivity contribution in [3.05, 3.63) is 35.9 Å². The van der Waals surface area contributed by atoms with E-state index in [-0.39, 0.29) is 0 Å². The van der Waals surface area contributed by atoms with Crippen molar-refractivity contribution in [1.82, 2.24) is 0 Å². The molecule has 2 rings (SSSR count). The predicted octanol–water partition coefficient (Wildman–Crippen LogP) is 1.65. The van der Waals surface area contributed by atoms with Gasteiger partial charge in [0.25, 0.3) is 6.29 Å². The molecule has 0 aromatic heterocycles. The van der Waals surface area contributed by atoms with Gasteiger partial charge in [-0.05, 0) is 6.92 Å². The molecule has 1 heterocycles. The zero-order chi connectivity index (χ0) is 16.8. The van der Waals surface area contributed by atoms with Gasteiger partial charge in [-0.2, -0.15) is 0 Å². The van der Waals surface area contributed by atoms with E-state index in [1.54, 1.807) is 19.1 Å². The number of benzene rings is 1. The van der Waals surface area contributed by atoms with Gasteiger partial charge in [0.15, 0.2) is 6.10 Å². The average Bonchev–Trinajstić information content (AvgIpc) is 2.51. The third-order valence-electron chi connectivity index (χ3n) is 3.09. The Morgan fingerprint density at radius 1 is 1.13 bits per heavy atom. The molecule has 1 aromatic carbocycles. The summed E-state index contributed by atoms with van der Waals surface area (Å²) in [5.74, 6) is -1.05. The van der Waals surface area contributed by atoms with Gasteiger partial charge < -0.3 is 19.0 Å². The number of carbonyl (C=O) groups excluding carboxylic acids is 2. The minimum atomic E-state index is -0.944. The van der Waals surface area contributed by atoms with Crippen molar-refractivity contribution >= 4 is 17.7 Å². The lowest BCUT2D eigenvalue weighted by Crippen LogP contribution is -2.52. The molecule has 0 aliphatic carbocycles. The Bertz CT molecular complexity index is 585. The predicted molar refractivity (Wildman–Crippen MR) is 80.6 cm³/mol. The van der Waals surface area contributed by atoms with E-state index in [9.17, 15) is 9.59 Å². The second-order valence-electron chi connectivity index (χ2n) is 4.88. The zero-order valence-corrected chi connectivity index (χ0v) is 13.2. The molecule has 7 nitrogen and oxygen atoms in total. The van der Waals surface area contributed by atoms with Gasteiger partial charge in [-0.25, -0.2) is 0 Å². The lowest BCUT2D eigenvalue weighted by molar-refractivity contribution is -0.231. The fourth-order valence-electron chi connectivity index (χ4n) is 2.25. The molecule has 0 spiro atoms. The van der Waals surface area contributed by atoms with Gasteiger partial charge in [-0.15, -0.1) is 0 Å². The molecule has 0 bridgehead atoms. The normalized spacial score (nSPS) is 23.4. The van der Waals surface area contributed by atoms with Crippen LogP contribution in [-0.4, -0.2) is 42.8 Å². The largest absolute Gasteiger partial charge is 0.452 e. The van der Waals surface area contributed by atoms with Crippen LogP contribution in [0.1, 0.15) is 26.3 Å². The second kappa shape index (κ2) is 7.73. The summed E-state index contributed by atoms with van der Waals surface area (Å²) in [6, 6.07) is 9.08. The van der Waals surface area contributed by atoms with Crippen molar-refractivity contribution < 1.29 is 28.6 Å². The van der Waals surface area contributed by atoms with Crippen LogP contribution in [0.3, 0.4) is 0 Å². The topological polar surface area (TPSA) is 83.4 Å². The molecule has 0 N–H and O–H groups in total. The molecule has 124 valence electrons. The van der Waals surface area contributed by atoms with Gasteiger partial charge in [0, 0.05) is 26.0 Å². The number of carbonyl (C=O) groups is 2. The van der Waals surface area contributed by atoms with E-state index < -0.39 is 30.4 Å². The van der Waals surface area contributed by atoms with Gasteiger partial charge >= 0.3 is 11.9 Å². The highest BCUT2D eigenvalue weighted by molar-refractivity contribution is 6.05. The molecule has 0 saturated carbocycles. The lowest BCUT2D eigenvalue weighted by Gasteiger charge is -2.34. The second-order valence-corrected chi connectivity index (χ2v) is 4.88. The van der Waals surface area contributed by atoms with Crippen LogP contribution >= 0.6 is 0 Å². The Kier molecular flexibility index (Phi) is 5.70. The summed E-state index contributed by atoms with van der Waals surface area (Å²) in [5, 5.41) is 4.01. The Hall–Kier alpha value is -2.41. The molecule has 7 heteroatoms. The molecule has 0 radical (unpaired) electrons. The molecule has 3 atom stereocenters. The van der Waals surface area contributed by atoms with Crippen molar-refractivity contribution in [2.75, 3.05) is 6.61 Å². The molecule has 0 amide bonds. The molecule has 23 heavy (non-hydrogen) atoms. The summed E-state index contributed by atoms with van der Waals surface area (Å²) in [5.41, 5.74) is 1.06. The molecule has 0 unspecified atom stereocenters. The van der Waals surface area contributed by atoms with Gasteiger partial charge in [-0.1, -0.05) is 35.5 Å². The van der Waals surface area contributed by atoms with Crippen LogP contribution in [0.5, 0.6) is 0 Å². The first-order valence-electron chi connectivity index (χ1n) is 7.28. The quantitative estimate of drug-likeness (QED) is 0.767. The van der Waals surface area contributed by atoms with E-state index in [0.29, 0.717) is 17.9 Å². The highest BCUT2D eigenvalue weighted by Crippen LogP contribution is 2.24. The van der Waals surface area contributed by atoms with Crippen LogP contribution in [0, 0.1) is 0 Å². The minimum absolute atomic E-state index is 0.325. The van der Waals surface area contributed by atoms with Crippen molar-refractivity contribution in [2.45, 2.75) is 39.3 Å². The van der Waals surface area contributed by atoms with Crippen LogP contribution in [0.2, 0.25) is 0 Å². The molecule has 0 fully saturated rings. The highest BCUT2D eigenvalue weighted by atomic mass is 16.8. The van der Waals surface area contributed by atoms with E-state index in [1.807, 2.05) is 18.2 Å². The minimum Gasteiger partial charge on any atom is -0.452 e. The fourth-order valence-corrected chi connectivity index (χ4v) is 2.25. The maximum Gasteiger partial charge on any atom is 0.303 e. The number of nitrogens with zero attached hydrogens (tertiary/aromatic N) is 1. The summed E-state index contributed by atoms with van der Waals surface area (Å²) in [7, 11) is 0. The van der Waals surface area contributed by atoms with Crippen molar-refractivity contribution in [3.63, 3.8) is 0 Å². The van der Waals surface area contributed by atoms with E-state index in [1.165, 1.54) is 13.8 Å². The number of oxime groups is 1. The summed E-state index contributed by atoms with van der Waals surface area (Å²) in [6.07, 6.45) is -2.80. The van der Waals surface area contributed by atoms with Crippen LogP contribution in [-0.2, 0) is 28.6 Å². The maximum atomic E-state index is 11.5. The van der Waals surface area contributed by atoms with Gasteiger partial charge in [0.1, 0.15) is 5.71 Å². The average molecular weight is 321 g/mol. The standard InChI is InChI=1S/C16H19NO6/c1-4-20-16-15(22-11(3)19)14(21-10(2)18)13(17-23-16)12-8-6-5-7-9-12/h5-9,14-16H,4H2,1-3H3/t14-,15-,16-/m0/s1. The Labute approximate surface area is 134 Å². The van der Waals surface area contributed by atoms with Crippen molar-refractivity contribution in [2.24, 2.45) is 5.16 Å². The van der Waals surface area contributed by atoms with Crippen LogP contribution in [0.15, 0.2) is 35.5 Å². The van der Waals surface area contributed by atoms with Crippen molar-refractivity contribution in [3.8, 4) is 0 Å². The number of ether oxygens (including phenoxy) is 3. The van der Waals surface area contributed by atoms with Crippen LogP contribution < -0.4 is 0 Å². The Morgan fingerprint density at radius 2 is 1.78 bits per heavy atom. The van der Waals surface area contributed by atoms with Crippen LogP contribution in [0.4, 0.5) is 0 Å². The number of hydrogen-bond donors (Lipinski definition) is 0. The monoisotopic (exact) mass is 321 g/mol. The molecular weight excluding hydrogens is 302 g/mol. The van der Waals surface area contributed by atoms with E-state index >= 15 is 0 Å². The summed E-state index contributed by atoms with van der Waals surface area (Å²) in [6.45, 7) is 4.64. The van der Waals surface area contributed by atoms with Crippen molar-refractivity contribution in [1.29, 1.82) is 0 Å². The Morgan fingerprint density at radius 3 is 2.35 bits per heavy atom. The molecule has 0 saturated heterocycles. The smallest absolute Gasteiger partial charge is 0.303 e. The van der Waals surface area contributed by atoms with E-state index in [2.05, 4.69) is 5.16 Å². The zero-order valence-electron chi connectivity index (χ0n) is 13.2. The van der Waals surface area contributed by atoms with Gasteiger partial charge in [-0.3, -0.25) is 9.59 Å². The summed E-state index contributed by atoms with van der Waals surface area (Å²) in [4.78, 5) is 28.2. The number of rotatable bonds is 5. The summed E-state index contributed by atoms with van der Waals surface area (Å²) < 4.78 is 16.0. The molecule has 1 aliphatic rings. The molecular formula is C16H19NO6. The lowest BCUT2D eigenvalue weighted by atomic mass is 9.99. The highest BCUT2D eigenvalue weighted by Gasteiger charge is 2.44. The maximum absolute atomic E-state index is 11.5. The summed E-state index contributed by atoms with van der Waals surface area (Å²) >= 11 is 0.